The molecule has 0 saturated carbocycles. The summed E-state index contributed by atoms with van der Waals surface area (Å²) in [7, 11) is 0. The average molecular weight is 360 g/mol. The Bertz CT molecular complexity index is 1060. The molecule has 1 unspecified atom stereocenters. The molecule has 0 aliphatic carbocycles. The summed E-state index contributed by atoms with van der Waals surface area (Å²) in [4.78, 5) is 15.8. The Morgan fingerprint density at radius 1 is 1.37 bits per heavy atom. The van der Waals surface area contributed by atoms with Gasteiger partial charge in [-0.25, -0.2) is 14.4 Å². The number of nitrogens with zero attached hydrogens (tertiary/aromatic N) is 5. The van der Waals surface area contributed by atoms with Crippen LogP contribution >= 0.6 is 0 Å². The molecular weight excluding hydrogens is 343 g/mol. The second-order valence-electron chi connectivity index (χ2n) is 6.44. The van der Waals surface area contributed by atoms with Gasteiger partial charge in [0, 0.05) is 25.3 Å². The first kappa shape index (κ1) is 16.9. The van der Waals surface area contributed by atoms with Gasteiger partial charge in [0.1, 0.15) is 23.6 Å². The molecule has 0 amide bonds. The molecule has 1 aromatic carbocycles. The fourth-order valence-electron chi connectivity index (χ4n) is 3.62. The highest BCUT2D eigenvalue weighted by Gasteiger charge is 2.30. The molecule has 6 nitrogen and oxygen atoms in total. The number of anilines is 2. The van der Waals surface area contributed by atoms with Crippen molar-refractivity contribution >= 4 is 22.5 Å². The fourth-order valence-corrected chi connectivity index (χ4v) is 3.62. The molecule has 0 radical (unpaired) electrons. The third-order valence-corrected chi connectivity index (χ3v) is 4.88. The molecule has 1 aliphatic rings. The zero-order valence-corrected chi connectivity index (χ0v) is 14.6. The smallest absolute Gasteiger partial charge is 0.147 e. The van der Waals surface area contributed by atoms with E-state index in [0.29, 0.717) is 24.3 Å². The number of hydrogen-bond donors (Lipinski definition) is 1. The van der Waals surface area contributed by atoms with E-state index in [2.05, 4.69) is 25.8 Å². The van der Waals surface area contributed by atoms with E-state index < -0.39 is 5.82 Å². The zero-order chi connectivity index (χ0) is 18.8. The highest BCUT2D eigenvalue weighted by atomic mass is 19.1. The minimum Gasteiger partial charge on any atom is -0.354 e. The van der Waals surface area contributed by atoms with Crippen molar-refractivity contribution in [2.75, 3.05) is 29.4 Å². The number of nitriles is 1. The van der Waals surface area contributed by atoms with Crippen LogP contribution in [0.2, 0.25) is 0 Å². The first-order valence-corrected chi connectivity index (χ1v) is 8.64. The Kier molecular flexibility index (Phi) is 4.35. The summed E-state index contributed by atoms with van der Waals surface area (Å²) in [6.07, 6.45) is 9.76. The van der Waals surface area contributed by atoms with Gasteiger partial charge in [-0.05, 0) is 30.7 Å². The number of benzene rings is 1. The van der Waals surface area contributed by atoms with Crippen molar-refractivity contribution < 1.29 is 4.39 Å². The normalized spacial score (nSPS) is 16.3. The number of halogens is 1. The monoisotopic (exact) mass is 360 g/mol. The summed E-state index contributed by atoms with van der Waals surface area (Å²) in [6, 6.07) is 8.45. The number of terminal acetylenes is 1. The molecule has 3 heterocycles. The van der Waals surface area contributed by atoms with Crippen LogP contribution in [-0.4, -0.2) is 40.6 Å². The first-order chi connectivity index (χ1) is 13.2. The quantitative estimate of drug-likeness (QED) is 0.725. The predicted octanol–water partition coefficient (Wildman–Crippen LogP) is 2.69. The second-order valence-corrected chi connectivity index (χ2v) is 6.44. The highest BCUT2D eigenvalue weighted by Crippen LogP contribution is 2.30. The molecule has 7 heteroatoms. The number of aromatic amines is 1. The predicted molar refractivity (Wildman–Crippen MR) is 102 cm³/mol. The standard InChI is InChI=1S/C20H17FN6/c1-2-8-27(18-4-3-14(11-22)10-17(18)21)15-6-9-26(12-15)20-16-5-7-23-19(16)24-13-25-20/h1,3-5,7,10,13,15H,6,8-9,12H2,(H,23,24,25). The van der Waals surface area contributed by atoms with Gasteiger partial charge in [-0.2, -0.15) is 5.26 Å². The Morgan fingerprint density at radius 2 is 2.26 bits per heavy atom. The van der Waals surface area contributed by atoms with Crippen LogP contribution in [0.15, 0.2) is 36.8 Å². The Labute approximate surface area is 156 Å². The summed E-state index contributed by atoms with van der Waals surface area (Å²) in [5.74, 6) is 3.06. The molecule has 3 aromatic rings. The Balaban J connectivity index is 1.61. The third-order valence-electron chi connectivity index (χ3n) is 4.88. The highest BCUT2D eigenvalue weighted by molar-refractivity contribution is 5.87. The number of hydrogen-bond acceptors (Lipinski definition) is 5. The molecule has 1 fully saturated rings. The molecular formula is C20H17FN6. The molecule has 0 bridgehead atoms. The van der Waals surface area contributed by atoms with Gasteiger partial charge in [0.05, 0.1) is 29.3 Å². The van der Waals surface area contributed by atoms with Crippen LogP contribution in [0.3, 0.4) is 0 Å². The van der Waals surface area contributed by atoms with Crippen molar-refractivity contribution in [1.29, 1.82) is 5.26 Å². The van der Waals surface area contributed by atoms with E-state index in [1.165, 1.54) is 6.07 Å². The first-order valence-electron chi connectivity index (χ1n) is 8.64. The zero-order valence-electron chi connectivity index (χ0n) is 14.6. The van der Waals surface area contributed by atoms with Crippen LogP contribution < -0.4 is 9.80 Å². The summed E-state index contributed by atoms with van der Waals surface area (Å²) in [5, 5.41) is 9.92. The van der Waals surface area contributed by atoms with Crippen molar-refractivity contribution in [3.8, 4) is 18.4 Å². The van der Waals surface area contributed by atoms with Gasteiger partial charge in [-0.15, -0.1) is 6.42 Å². The van der Waals surface area contributed by atoms with Crippen LogP contribution in [0.4, 0.5) is 15.9 Å². The molecule has 1 aliphatic heterocycles. The van der Waals surface area contributed by atoms with Crippen LogP contribution in [0.25, 0.3) is 11.0 Å². The molecule has 134 valence electrons. The molecule has 0 spiro atoms. The lowest BCUT2D eigenvalue weighted by atomic mass is 10.1. The van der Waals surface area contributed by atoms with E-state index in [9.17, 15) is 4.39 Å². The van der Waals surface area contributed by atoms with Gasteiger partial charge >= 0.3 is 0 Å². The second kappa shape index (κ2) is 6.97. The van der Waals surface area contributed by atoms with Crippen LogP contribution in [0, 0.1) is 29.5 Å². The SMILES string of the molecule is C#CCN(c1ccc(C#N)cc1F)C1CCN(c2ncnc3[nH]ccc23)C1. The summed E-state index contributed by atoms with van der Waals surface area (Å²) >= 11 is 0. The summed E-state index contributed by atoms with van der Waals surface area (Å²) in [5.41, 5.74) is 1.51. The van der Waals surface area contributed by atoms with Gasteiger partial charge in [-0.3, -0.25) is 0 Å². The van der Waals surface area contributed by atoms with E-state index >= 15 is 0 Å². The molecule has 2 aromatic heterocycles. The Hall–Kier alpha value is -3.58. The minimum atomic E-state index is -0.433. The van der Waals surface area contributed by atoms with Crippen LogP contribution in [-0.2, 0) is 0 Å². The Morgan fingerprint density at radius 3 is 3.04 bits per heavy atom. The summed E-state index contributed by atoms with van der Waals surface area (Å²) in [6.45, 7) is 1.77. The van der Waals surface area contributed by atoms with E-state index in [4.69, 9.17) is 11.7 Å². The maximum absolute atomic E-state index is 14.6. The lowest BCUT2D eigenvalue weighted by Gasteiger charge is -2.30. The van der Waals surface area contributed by atoms with Gasteiger partial charge in [0.25, 0.3) is 0 Å². The van der Waals surface area contributed by atoms with Gasteiger partial charge in [0.15, 0.2) is 0 Å². The van der Waals surface area contributed by atoms with E-state index in [1.54, 1.807) is 18.5 Å². The van der Waals surface area contributed by atoms with Crippen LogP contribution in [0.5, 0.6) is 0 Å². The van der Waals surface area contributed by atoms with Crippen molar-refractivity contribution in [3.63, 3.8) is 0 Å². The number of fused-ring (bicyclic) bond motifs is 1. The van der Waals surface area contributed by atoms with Crippen LogP contribution in [0.1, 0.15) is 12.0 Å². The van der Waals surface area contributed by atoms with Crippen molar-refractivity contribution in [1.82, 2.24) is 15.0 Å². The van der Waals surface area contributed by atoms with E-state index in [-0.39, 0.29) is 6.04 Å². The lowest BCUT2D eigenvalue weighted by Crippen LogP contribution is -2.38. The molecule has 27 heavy (non-hydrogen) atoms. The topological polar surface area (TPSA) is 71.8 Å². The van der Waals surface area contributed by atoms with Crippen molar-refractivity contribution in [2.45, 2.75) is 12.5 Å². The third kappa shape index (κ3) is 3.04. The largest absolute Gasteiger partial charge is 0.354 e. The molecule has 1 saturated heterocycles. The number of nitrogens with one attached hydrogen (secondary N) is 1. The maximum Gasteiger partial charge on any atom is 0.147 e. The van der Waals surface area contributed by atoms with Crippen molar-refractivity contribution in [3.05, 3.63) is 48.2 Å². The number of H-pyrrole nitrogens is 1. The van der Waals surface area contributed by atoms with Gasteiger partial charge in [0.2, 0.25) is 0 Å². The van der Waals surface area contributed by atoms with E-state index in [1.807, 2.05) is 23.2 Å². The maximum atomic E-state index is 14.6. The number of aromatic nitrogens is 3. The van der Waals surface area contributed by atoms with Crippen molar-refractivity contribution in [2.24, 2.45) is 0 Å². The van der Waals surface area contributed by atoms with E-state index in [0.717, 1.165) is 29.8 Å². The molecule has 1 N–H and O–H groups in total. The average Bonchev–Trinajstić information content (AvgIpc) is 3.35. The minimum absolute atomic E-state index is 0.0486. The lowest BCUT2D eigenvalue weighted by molar-refractivity contribution is 0.599. The molecule has 4 rings (SSSR count). The summed E-state index contributed by atoms with van der Waals surface area (Å²) < 4.78 is 14.6. The number of rotatable bonds is 4. The molecule has 1 atom stereocenters. The van der Waals surface area contributed by atoms with Gasteiger partial charge < -0.3 is 14.8 Å². The fraction of sp³-hybridized carbons (Fsp3) is 0.250. The van der Waals surface area contributed by atoms with Gasteiger partial charge in [-0.1, -0.05) is 5.92 Å².